The van der Waals surface area contributed by atoms with E-state index < -0.39 is 12.1 Å². The molecule has 2 atom stereocenters. The SMILES string of the molecule is CCCCCCCCCCCCC/C=C/C(O)C(CO)NC(=O)CCCCCCCCCCCCCCCCCCCCCCOC(=O)CCCCCCCCCCCCCCCCCC. The summed E-state index contributed by atoms with van der Waals surface area (Å²) in [5.74, 6) is -0.0547. The van der Waals surface area contributed by atoms with Crippen molar-refractivity contribution >= 4 is 11.9 Å². The van der Waals surface area contributed by atoms with Gasteiger partial charge in [0.2, 0.25) is 5.91 Å². The summed E-state index contributed by atoms with van der Waals surface area (Å²) in [6.07, 6.45) is 66.7. The second kappa shape index (κ2) is 56.2. The monoisotopic (exact) mass is 932 g/mol. The number of ether oxygens (including phenoxy) is 1. The average Bonchev–Trinajstić information content (AvgIpc) is 3.32. The Hall–Kier alpha value is -1.40. The maximum absolute atomic E-state index is 12.4. The molecule has 0 bridgehead atoms. The zero-order valence-corrected chi connectivity index (χ0v) is 44.7. The highest BCUT2D eigenvalue weighted by Gasteiger charge is 2.18. The highest BCUT2D eigenvalue weighted by Crippen LogP contribution is 2.18. The molecular formula is C60H117NO5. The van der Waals surface area contributed by atoms with Crippen molar-refractivity contribution in [3.8, 4) is 0 Å². The van der Waals surface area contributed by atoms with Gasteiger partial charge in [-0.25, -0.2) is 0 Å². The summed E-state index contributed by atoms with van der Waals surface area (Å²) in [6.45, 7) is 4.92. The van der Waals surface area contributed by atoms with Gasteiger partial charge in [-0.3, -0.25) is 9.59 Å². The summed E-state index contributed by atoms with van der Waals surface area (Å²) < 4.78 is 5.49. The molecule has 0 heterocycles. The van der Waals surface area contributed by atoms with E-state index >= 15 is 0 Å². The van der Waals surface area contributed by atoms with Crippen LogP contribution in [0.25, 0.3) is 0 Å². The maximum Gasteiger partial charge on any atom is 0.305 e. The van der Waals surface area contributed by atoms with Gasteiger partial charge in [0.05, 0.1) is 25.4 Å². The van der Waals surface area contributed by atoms with Crippen LogP contribution in [0.15, 0.2) is 12.2 Å². The topological polar surface area (TPSA) is 95.9 Å². The van der Waals surface area contributed by atoms with Gasteiger partial charge >= 0.3 is 5.97 Å². The van der Waals surface area contributed by atoms with Crippen molar-refractivity contribution in [2.75, 3.05) is 13.2 Å². The molecule has 3 N–H and O–H groups in total. The third-order valence-electron chi connectivity index (χ3n) is 14.1. The van der Waals surface area contributed by atoms with E-state index in [1.807, 2.05) is 6.08 Å². The summed E-state index contributed by atoms with van der Waals surface area (Å²) in [7, 11) is 0. The quantitative estimate of drug-likeness (QED) is 0.0321. The molecule has 66 heavy (non-hydrogen) atoms. The largest absolute Gasteiger partial charge is 0.466 e. The molecule has 1 amide bonds. The smallest absolute Gasteiger partial charge is 0.305 e. The van der Waals surface area contributed by atoms with Crippen molar-refractivity contribution in [3.05, 3.63) is 12.2 Å². The van der Waals surface area contributed by atoms with Crippen LogP contribution >= 0.6 is 0 Å². The van der Waals surface area contributed by atoms with Crippen molar-refractivity contribution in [1.82, 2.24) is 5.32 Å². The van der Waals surface area contributed by atoms with Crippen LogP contribution in [0.4, 0.5) is 0 Å². The second-order valence-corrected chi connectivity index (χ2v) is 20.7. The fraction of sp³-hybridized carbons (Fsp3) is 0.933. The number of hydrogen-bond acceptors (Lipinski definition) is 5. The van der Waals surface area contributed by atoms with E-state index in [-0.39, 0.29) is 18.5 Å². The van der Waals surface area contributed by atoms with E-state index in [4.69, 9.17) is 4.74 Å². The number of allylic oxidation sites excluding steroid dienone is 1. The van der Waals surface area contributed by atoms with Gasteiger partial charge < -0.3 is 20.3 Å². The Morgan fingerprint density at radius 2 is 0.697 bits per heavy atom. The van der Waals surface area contributed by atoms with Crippen LogP contribution in [-0.2, 0) is 14.3 Å². The molecule has 0 aliphatic heterocycles. The van der Waals surface area contributed by atoms with Crippen LogP contribution < -0.4 is 5.32 Å². The molecule has 2 unspecified atom stereocenters. The maximum atomic E-state index is 12.4. The van der Waals surface area contributed by atoms with Gasteiger partial charge in [0.1, 0.15) is 0 Å². The average molecular weight is 933 g/mol. The Morgan fingerprint density at radius 3 is 1.03 bits per heavy atom. The van der Waals surface area contributed by atoms with Gasteiger partial charge in [-0.1, -0.05) is 302 Å². The van der Waals surface area contributed by atoms with Crippen molar-refractivity contribution in [2.24, 2.45) is 0 Å². The van der Waals surface area contributed by atoms with Gasteiger partial charge in [-0.15, -0.1) is 0 Å². The number of amides is 1. The molecular weight excluding hydrogens is 815 g/mol. The molecule has 0 rings (SSSR count). The third kappa shape index (κ3) is 52.0. The number of carbonyl (C=O) groups is 2. The normalized spacial score (nSPS) is 12.6. The summed E-state index contributed by atoms with van der Waals surface area (Å²) in [6, 6.07) is -0.627. The molecule has 392 valence electrons. The Kier molecular flexibility index (Phi) is 55.0. The van der Waals surface area contributed by atoms with Crippen molar-refractivity contribution < 1.29 is 24.5 Å². The first-order valence-corrected chi connectivity index (χ1v) is 30.0. The van der Waals surface area contributed by atoms with Crippen molar-refractivity contribution in [1.29, 1.82) is 0 Å². The standard InChI is InChI=1S/C60H117NO5/c1-3-5-7-9-11-13-15-17-18-26-30-34-38-42-46-50-54-60(65)66-55-51-47-43-39-35-31-27-24-22-20-19-21-23-25-29-33-37-41-45-49-53-59(64)61-57(56-62)58(63)52-48-44-40-36-32-28-16-14-12-10-8-6-4-2/h48,52,57-58,62-63H,3-47,49-51,53-56H2,1-2H3,(H,61,64)/b52-48+. The minimum atomic E-state index is -0.844. The van der Waals surface area contributed by atoms with Gasteiger partial charge in [-0.2, -0.15) is 0 Å². The van der Waals surface area contributed by atoms with E-state index in [0.717, 1.165) is 38.5 Å². The lowest BCUT2D eigenvalue weighted by atomic mass is 10.0. The fourth-order valence-electron chi connectivity index (χ4n) is 9.46. The molecule has 0 saturated heterocycles. The van der Waals surface area contributed by atoms with Crippen molar-refractivity contribution in [2.45, 2.75) is 347 Å². The number of aliphatic hydroxyl groups excluding tert-OH is 2. The molecule has 0 aromatic carbocycles. The van der Waals surface area contributed by atoms with Crippen LogP contribution in [0.3, 0.4) is 0 Å². The number of hydrogen-bond donors (Lipinski definition) is 3. The Balaban J connectivity index is 3.38. The molecule has 0 aliphatic carbocycles. The Labute approximate surface area is 412 Å². The highest BCUT2D eigenvalue weighted by atomic mass is 16.5. The van der Waals surface area contributed by atoms with Crippen LogP contribution in [0.2, 0.25) is 0 Å². The van der Waals surface area contributed by atoms with Crippen molar-refractivity contribution in [3.63, 3.8) is 0 Å². The first kappa shape index (κ1) is 64.6. The summed E-state index contributed by atoms with van der Waals surface area (Å²) in [5, 5.41) is 23.1. The minimum Gasteiger partial charge on any atom is -0.466 e. The zero-order valence-electron chi connectivity index (χ0n) is 44.7. The number of nitrogens with one attached hydrogen (secondary N) is 1. The molecule has 0 aliphatic rings. The number of carbonyl (C=O) groups excluding carboxylic acids is 2. The zero-order chi connectivity index (χ0) is 47.9. The molecule has 0 spiro atoms. The number of aliphatic hydroxyl groups is 2. The molecule has 0 saturated carbocycles. The van der Waals surface area contributed by atoms with Gasteiger partial charge in [-0.05, 0) is 32.1 Å². The molecule has 0 aromatic rings. The van der Waals surface area contributed by atoms with Crippen LogP contribution in [0.1, 0.15) is 335 Å². The molecule has 0 radical (unpaired) electrons. The van der Waals surface area contributed by atoms with E-state index in [2.05, 4.69) is 19.2 Å². The van der Waals surface area contributed by atoms with E-state index in [1.165, 1.54) is 270 Å². The number of rotatable bonds is 56. The summed E-state index contributed by atoms with van der Waals surface area (Å²) >= 11 is 0. The molecule has 0 fully saturated rings. The highest BCUT2D eigenvalue weighted by molar-refractivity contribution is 5.76. The van der Waals surface area contributed by atoms with Crippen LogP contribution in [-0.4, -0.2) is 47.4 Å². The number of unbranched alkanes of at least 4 members (excludes halogenated alkanes) is 45. The Bertz CT molecular complexity index is 986. The molecule has 0 aromatic heterocycles. The minimum absolute atomic E-state index is 0.0138. The van der Waals surface area contributed by atoms with Crippen LogP contribution in [0.5, 0.6) is 0 Å². The lowest BCUT2D eigenvalue weighted by Crippen LogP contribution is -2.45. The second-order valence-electron chi connectivity index (χ2n) is 20.7. The van der Waals surface area contributed by atoms with Crippen LogP contribution in [0, 0.1) is 0 Å². The van der Waals surface area contributed by atoms with E-state index in [0.29, 0.717) is 19.4 Å². The lowest BCUT2D eigenvalue weighted by molar-refractivity contribution is -0.143. The predicted molar refractivity (Wildman–Crippen MR) is 287 cm³/mol. The van der Waals surface area contributed by atoms with E-state index in [1.54, 1.807) is 6.08 Å². The predicted octanol–water partition coefficient (Wildman–Crippen LogP) is 18.5. The summed E-state index contributed by atoms with van der Waals surface area (Å²) in [5.41, 5.74) is 0. The lowest BCUT2D eigenvalue weighted by Gasteiger charge is -2.20. The van der Waals surface area contributed by atoms with Gasteiger partial charge in [0.25, 0.3) is 0 Å². The van der Waals surface area contributed by atoms with Gasteiger partial charge in [0, 0.05) is 12.8 Å². The first-order chi connectivity index (χ1) is 32.5. The van der Waals surface area contributed by atoms with E-state index in [9.17, 15) is 19.8 Å². The first-order valence-electron chi connectivity index (χ1n) is 30.0. The molecule has 6 heteroatoms. The molecule has 6 nitrogen and oxygen atoms in total. The number of esters is 1. The Morgan fingerprint density at radius 1 is 0.409 bits per heavy atom. The fourth-order valence-corrected chi connectivity index (χ4v) is 9.46. The van der Waals surface area contributed by atoms with Gasteiger partial charge in [0.15, 0.2) is 0 Å². The third-order valence-corrected chi connectivity index (χ3v) is 14.1. The summed E-state index contributed by atoms with van der Waals surface area (Å²) in [4.78, 5) is 24.5.